The Morgan fingerprint density at radius 2 is 1.90 bits per heavy atom. The van der Waals surface area contributed by atoms with Gasteiger partial charge in [-0.25, -0.2) is 4.68 Å². The van der Waals surface area contributed by atoms with Crippen molar-refractivity contribution in [2.45, 2.75) is 44.0 Å². The minimum absolute atomic E-state index is 0.0538. The van der Waals surface area contributed by atoms with E-state index in [1.165, 1.54) is 0 Å². The van der Waals surface area contributed by atoms with Crippen LogP contribution in [0.4, 0.5) is 0 Å². The Kier molecular flexibility index (Phi) is 4.90. The maximum atomic E-state index is 13.6. The number of hydrogen-bond acceptors (Lipinski definition) is 3. The zero-order valence-corrected chi connectivity index (χ0v) is 17.4. The number of carbonyl (C=O) groups is 1. The molecule has 2 radical (unpaired) electrons. The molecule has 0 unspecified atom stereocenters. The number of carbonyl (C=O) groups excluding carboxylic acids is 1. The Hall–Kier alpha value is -3.33. The van der Waals surface area contributed by atoms with Gasteiger partial charge >= 0.3 is 0 Å². The third-order valence-corrected chi connectivity index (χ3v) is 6.58. The number of nitrogens with zero attached hydrogens (tertiary/aromatic N) is 4. The first-order valence-electron chi connectivity index (χ1n) is 10.8. The Bertz CT molecular complexity index is 1170. The van der Waals surface area contributed by atoms with Crippen LogP contribution < -0.4 is 0 Å². The van der Waals surface area contributed by atoms with Crippen molar-refractivity contribution in [2.75, 3.05) is 6.54 Å². The lowest BCUT2D eigenvalue weighted by Crippen LogP contribution is -2.37. The molecule has 5 nitrogen and oxygen atoms in total. The zero-order valence-electron chi connectivity index (χ0n) is 17.4. The van der Waals surface area contributed by atoms with Crippen LogP contribution in [0.1, 0.15) is 58.4 Å². The quantitative estimate of drug-likeness (QED) is 0.621. The molecule has 31 heavy (non-hydrogen) atoms. The van der Waals surface area contributed by atoms with Gasteiger partial charge in [0.25, 0.3) is 5.91 Å². The molecule has 1 aliphatic carbocycles. The summed E-state index contributed by atoms with van der Waals surface area (Å²) >= 11 is 0. The third-order valence-electron chi connectivity index (χ3n) is 6.58. The molecule has 5 rings (SSSR count). The van der Waals surface area contributed by atoms with Crippen molar-refractivity contribution in [1.29, 1.82) is 5.26 Å². The van der Waals surface area contributed by atoms with Crippen molar-refractivity contribution in [2.24, 2.45) is 0 Å². The van der Waals surface area contributed by atoms with Gasteiger partial charge in [-0.05, 0) is 35.1 Å². The monoisotopic (exact) mass is 406 g/mol. The van der Waals surface area contributed by atoms with E-state index in [4.69, 9.17) is 12.9 Å². The molecule has 1 saturated carbocycles. The molecule has 0 bridgehead atoms. The van der Waals surface area contributed by atoms with E-state index in [9.17, 15) is 10.1 Å². The smallest absolute Gasteiger partial charge is 0.254 e. The topological polar surface area (TPSA) is 61.9 Å². The van der Waals surface area contributed by atoms with E-state index in [-0.39, 0.29) is 5.91 Å². The predicted molar refractivity (Wildman–Crippen MR) is 119 cm³/mol. The van der Waals surface area contributed by atoms with E-state index >= 15 is 0 Å². The van der Waals surface area contributed by atoms with E-state index in [0.29, 0.717) is 30.6 Å². The molecule has 2 heterocycles. The summed E-state index contributed by atoms with van der Waals surface area (Å²) < 4.78 is 1.88. The molecule has 1 amide bonds. The lowest BCUT2D eigenvalue weighted by molar-refractivity contribution is 0.0732. The maximum absolute atomic E-state index is 13.6. The molecular formula is C25H23BN4O. The van der Waals surface area contributed by atoms with Gasteiger partial charge in [0.2, 0.25) is 0 Å². The van der Waals surface area contributed by atoms with E-state index < -0.39 is 5.31 Å². The van der Waals surface area contributed by atoms with Gasteiger partial charge in [0, 0.05) is 36.8 Å². The van der Waals surface area contributed by atoms with Gasteiger partial charge in [0.1, 0.15) is 0 Å². The summed E-state index contributed by atoms with van der Waals surface area (Å²) in [5, 5.41) is 13.6. The van der Waals surface area contributed by atoms with Crippen molar-refractivity contribution in [1.82, 2.24) is 14.7 Å². The van der Waals surface area contributed by atoms with Gasteiger partial charge in [-0.1, -0.05) is 49.9 Å². The number of amides is 1. The molecule has 1 fully saturated rings. The zero-order chi connectivity index (χ0) is 21.4. The van der Waals surface area contributed by atoms with Gasteiger partial charge in [0.05, 0.1) is 30.9 Å². The van der Waals surface area contributed by atoms with Crippen LogP contribution in [0.3, 0.4) is 0 Å². The number of nitriles is 1. The molecule has 1 aliphatic heterocycles. The largest absolute Gasteiger partial charge is 0.334 e. The van der Waals surface area contributed by atoms with Gasteiger partial charge in [-0.3, -0.25) is 4.79 Å². The molecule has 1 aromatic heterocycles. The highest BCUT2D eigenvalue weighted by Crippen LogP contribution is 2.40. The van der Waals surface area contributed by atoms with Crippen LogP contribution in [-0.4, -0.2) is 35.0 Å². The first kappa shape index (κ1) is 19.6. The van der Waals surface area contributed by atoms with Crippen molar-refractivity contribution in [3.05, 3.63) is 82.7 Å². The maximum Gasteiger partial charge on any atom is 0.254 e. The lowest BCUT2D eigenvalue weighted by atomic mass is 9.61. The number of fused-ring (bicyclic) bond motifs is 1. The van der Waals surface area contributed by atoms with Crippen molar-refractivity contribution in [3.63, 3.8) is 0 Å². The van der Waals surface area contributed by atoms with Crippen LogP contribution >= 0.6 is 0 Å². The highest BCUT2D eigenvalue weighted by molar-refractivity contribution is 6.17. The molecule has 2 aliphatic rings. The summed E-state index contributed by atoms with van der Waals surface area (Å²) in [6.45, 7) is 1.11. The summed E-state index contributed by atoms with van der Waals surface area (Å²) in [5.41, 5.74) is 5.03. The molecule has 3 aromatic rings. The van der Waals surface area contributed by atoms with Gasteiger partial charge in [-0.2, -0.15) is 10.4 Å². The van der Waals surface area contributed by atoms with Crippen LogP contribution in [0.15, 0.2) is 54.7 Å². The first-order valence-corrected chi connectivity index (χ1v) is 10.8. The van der Waals surface area contributed by atoms with Gasteiger partial charge in [-0.15, -0.1) is 0 Å². The fraction of sp³-hybridized carbons (Fsp3) is 0.320. The van der Waals surface area contributed by atoms with E-state index in [0.717, 1.165) is 48.2 Å². The molecule has 152 valence electrons. The summed E-state index contributed by atoms with van der Waals surface area (Å²) in [4.78, 5) is 15.5. The molecule has 0 N–H and O–H groups in total. The average molecular weight is 406 g/mol. The molecule has 0 spiro atoms. The number of rotatable bonds is 3. The van der Waals surface area contributed by atoms with Crippen LogP contribution in [0.2, 0.25) is 0 Å². The standard InChI is InChI=1S/C25H23BN4O/c26-25(11-4-5-12-25)22-9-8-18(15-27)14-21(22)24(31)29-13-10-23-19(16-29)17-30(28-23)20-6-2-1-3-7-20/h1-3,6-9,14,17H,4-5,10-13,16H2. The highest BCUT2D eigenvalue weighted by atomic mass is 16.2. The molecule has 0 atom stereocenters. The molecular weight excluding hydrogens is 383 g/mol. The molecule has 6 heteroatoms. The van der Waals surface area contributed by atoms with E-state index in [2.05, 4.69) is 6.07 Å². The van der Waals surface area contributed by atoms with Crippen molar-refractivity contribution < 1.29 is 4.79 Å². The SMILES string of the molecule is [B]C1(c2ccc(C#N)cc2C(=O)N2CCc3nn(-c4ccccc4)cc3C2)CCCC1. The Morgan fingerprint density at radius 3 is 2.65 bits per heavy atom. The minimum atomic E-state index is -0.488. The normalized spacial score (nSPS) is 17.2. The Morgan fingerprint density at radius 1 is 1.13 bits per heavy atom. The van der Waals surface area contributed by atoms with Crippen LogP contribution in [0, 0.1) is 11.3 Å². The lowest BCUT2D eigenvalue weighted by Gasteiger charge is -2.31. The van der Waals surface area contributed by atoms with Crippen LogP contribution in [-0.2, 0) is 18.3 Å². The Labute approximate surface area is 183 Å². The van der Waals surface area contributed by atoms with E-state index in [1.807, 2.05) is 52.2 Å². The second kappa shape index (κ2) is 7.74. The summed E-state index contributed by atoms with van der Waals surface area (Å²) in [5.74, 6) is -0.0538. The van der Waals surface area contributed by atoms with Crippen LogP contribution in [0.5, 0.6) is 0 Å². The molecule has 0 saturated heterocycles. The highest BCUT2D eigenvalue weighted by Gasteiger charge is 2.35. The van der Waals surface area contributed by atoms with Crippen molar-refractivity contribution >= 4 is 13.8 Å². The summed E-state index contributed by atoms with van der Waals surface area (Å²) in [6, 6.07) is 17.5. The van der Waals surface area contributed by atoms with E-state index in [1.54, 1.807) is 12.1 Å². The fourth-order valence-corrected chi connectivity index (χ4v) is 4.87. The molecule has 2 aromatic carbocycles. The summed E-state index contributed by atoms with van der Waals surface area (Å²) in [6.07, 6.45) is 6.59. The van der Waals surface area contributed by atoms with Gasteiger partial charge < -0.3 is 4.90 Å². The third kappa shape index (κ3) is 3.55. The fourth-order valence-electron chi connectivity index (χ4n) is 4.87. The number of para-hydroxylation sites is 1. The Balaban J connectivity index is 1.46. The number of aromatic nitrogens is 2. The summed E-state index contributed by atoms with van der Waals surface area (Å²) in [7, 11) is 6.72. The minimum Gasteiger partial charge on any atom is -0.334 e. The van der Waals surface area contributed by atoms with Crippen molar-refractivity contribution in [3.8, 4) is 11.8 Å². The number of hydrogen-bond donors (Lipinski definition) is 0. The average Bonchev–Trinajstić information content (AvgIpc) is 3.45. The van der Waals surface area contributed by atoms with Gasteiger partial charge in [0.15, 0.2) is 0 Å². The predicted octanol–water partition coefficient (Wildman–Crippen LogP) is 3.88. The second-order valence-electron chi connectivity index (χ2n) is 8.59. The van der Waals surface area contributed by atoms with Crippen LogP contribution in [0.25, 0.3) is 5.69 Å². The number of benzene rings is 2. The first-order chi connectivity index (χ1) is 15.1. The second-order valence-corrected chi connectivity index (χ2v) is 8.59.